The Kier molecular flexibility index (Phi) is 8.47. The van der Waals surface area contributed by atoms with Crippen molar-refractivity contribution in [3.8, 4) is 22.9 Å². The van der Waals surface area contributed by atoms with E-state index in [2.05, 4.69) is 10.1 Å². The zero-order valence-electron chi connectivity index (χ0n) is 23.8. The van der Waals surface area contributed by atoms with Crippen molar-refractivity contribution < 1.29 is 18.6 Å². The fraction of sp³-hybridized carbons (Fsp3) is 0.182. The molecule has 0 N–H and O–H groups in total. The monoisotopic (exact) mass is 566 g/mol. The molecule has 2 heterocycles. The van der Waals surface area contributed by atoms with E-state index in [-0.39, 0.29) is 18.0 Å². The fourth-order valence-corrected chi connectivity index (χ4v) is 4.52. The number of aromatic nitrogens is 4. The zero-order valence-corrected chi connectivity index (χ0v) is 23.8. The van der Waals surface area contributed by atoms with Crippen molar-refractivity contribution in [2.75, 3.05) is 14.2 Å². The Hall–Kier alpha value is -5.18. The van der Waals surface area contributed by atoms with E-state index in [1.165, 1.54) is 23.0 Å². The lowest BCUT2D eigenvalue weighted by molar-refractivity contribution is 0.300. The van der Waals surface area contributed by atoms with E-state index in [1.54, 1.807) is 38.8 Å². The molecule has 214 valence electrons. The Bertz CT molecular complexity index is 1760. The van der Waals surface area contributed by atoms with Crippen LogP contribution in [-0.4, -0.2) is 33.6 Å². The summed E-state index contributed by atoms with van der Waals surface area (Å²) < 4.78 is 33.8. The molecule has 0 bridgehead atoms. The fourth-order valence-electron chi connectivity index (χ4n) is 4.52. The number of methoxy groups -OCH3 is 2. The van der Waals surface area contributed by atoms with Crippen molar-refractivity contribution in [1.29, 1.82) is 0 Å². The Morgan fingerprint density at radius 1 is 0.952 bits per heavy atom. The number of imidazole rings is 1. The maximum Gasteiger partial charge on any atom is 0.278 e. The lowest BCUT2D eigenvalue weighted by atomic mass is 10.1. The van der Waals surface area contributed by atoms with Gasteiger partial charge in [-0.3, -0.25) is 4.79 Å². The maximum atomic E-state index is 13.8. The first kappa shape index (κ1) is 28.4. The number of hydrogen-bond acceptors (Lipinski definition) is 6. The highest BCUT2D eigenvalue weighted by Crippen LogP contribution is 2.27. The topological polar surface area (TPSA) is 80.4 Å². The van der Waals surface area contributed by atoms with Crippen LogP contribution < -0.4 is 19.8 Å². The van der Waals surface area contributed by atoms with Crippen LogP contribution in [0.5, 0.6) is 17.2 Å². The average Bonchev–Trinajstić information content (AvgIpc) is 3.45. The molecule has 0 fully saturated rings. The number of aryl methyl sites for hydroxylation is 1. The quantitative estimate of drug-likeness (QED) is 0.199. The van der Waals surface area contributed by atoms with Crippen LogP contribution >= 0.6 is 0 Å². The highest BCUT2D eigenvalue weighted by molar-refractivity contribution is 5.73. The van der Waals surface area contributed by atoms with Crippen LogP contribution in [0.3, 0.4) is 0 Å². The summed E-state index contributed by atoms with van der Waals surface area (Å²) in [5.41, 5.74) is 4.22. The molecule has 0 saturated heterocycles. The number of halogens is 1. The number of ether oxygens (including phenoxy) is 3. The Balaban J connectivity index is 1.50. The number of rotatable bonds is 10. The molecule has 0 aliphatic carbocycles. The van der Waals surface area contributed by atoms with Gasteiger partial charge in [-0.1, -0.05) is 36.4 Å². The van der Waals surface area contributed by atoms with Crippen molar-refractivity contribution in [2.45, 2.75) is 26.5 Å². The standard InChI is InChI=1S/C33H31FN4O4/c1-22-19-37(21-35-22)30-16-8-24(17-31(30)41-4)7-15-29-32(42-20-25-5-13-28(40-3)14-6-25)18-36-38(33(29)39)23(2)26-9-11-27(34)12-10-26/h5-19,21,23H,20H2,1-4H3. The summed E-state index contributed by atoms with van der Waals surface area (Å²) in [6.07, 6.45) is 8.74. The molecule has 1 unspecified atom stereocenters. The molecular formula is C33H31FN4O4. The Morgan fingerprint density at radius 3 is 2.38 bits per heavy atom. The molecule has 3 aromatic carbocycles. The maximum absolute atomic E-state index is 13.8. The summed E-state index contributed by atoms with van der Waals surface area (Å²) in [7, 11) is 3.22. The van der Waals surface area contributed by atoms with Crippen LogP contribution in [0.25, 0.3) is 17.8 Å². The Labute approximate surface area is 243 Å². The average molecular weight is 567 g/mol. The Morgan fingerprint density at radius 2 is 1.71 bits per heavy atom. The van der Waals surface area contributed by atoms with Crippen LogP contribution in [-0.2, 0) is 6.61 Å². The van der Waals surface area contributed by atoms with E-state index in [1.807, 2.05) is 73.2 Å². The molecule has 0 aliphatic heterocycles. The smallest absolute Gasteiger partial charge is 0.278 e. The van der Waals surface area contributed by atoms with Crippen LogP contribution in [0, 0.1) is 12.7 Å². The van der Waals surface area contributed by atoms with E-state index < -0.39 is 6.04 Å². The minimum absolute atomic E-state index is 0.232. The van der Waals surface area contributed by atoms with Crippen LogP contribution in [0.4, 0.5) is 4.39 Å². The SMILES string of the molecule is COc1ccc(COc2cnn(C(C)c3ccc(F)cc3)c(=O)c2C=Cc2ccc(-n3cnc(C)c3)c(OC)c2)cc1. The van der Waals surface area contributed by atoms with Crippen LogP contribution in [0.1, 0.15) is 40.9 Å². The van der Waals surface area contributed by atoms with Gasteiger partial charge in [-0.25, -0.2) is 14.1 Å². The predicted molar refractivity (Wildman–Crippen MR) is 160 cm³/mol. The first-order valence-electron chi connectivity index (χ1n) is 13.4. The van der Waals surface area contributed by atoms with Crippen molar-refractivity contribution in [2.24, 2.45) is 0 Å². The molecule has 0 amide bonds. The van der Waals surface area contributed by atoms with Gasteiger partial charge in [0, 0.05) is 6.20 Å². The molecule has 0 aliphatic rings. The molecule has 5 aromatic rings. The minimum atomic E-state index is -0.432. The highest BCUT2D eigenvalue weighted by Gasteiger charge is 2.17. The highest BCUT2D eigenvalue weighted by atomic mass is 19.1. The molecule has 8 nitrogen and oxygen atoms in total. The predicted octanol–water partition coefficient (Wildman–Crippen LogP) is 6.25. The third-order valence-electron chi connectivity index (χ3n) is 6.91. The van der Waals surface area contributed by atoms with Crippen molar-refractivity contribution in [3.05, 3.63) is 130 Å². The zero-order chi connectivity index (χ0) is 29.6. The summed E-state index contributed by atoms with van der Waals surface area (Å²) in [6, 6.07) is 18.8. The number of benzene rings is 3. The largest absolute Gasteiger partial charge is 0.497 e. The molecule has 2 aromatic heterocycles. The van der Waals surface area contributed by atoms with Gasteiger partial charge in [0.15, 0.2) is 5.75 Å². The normalized spacial score (nSPS) is 11.9. The van der Waals surface area contributed by atoms with Gasteiger partial charge in [0.25, 0.3) is 5.56 Å². The second-order valence-electron chi connectivity index (χ2n) is 9.72. The lowest BCUT2D eigenvalue weighted by Gasteiger charge is -2.17. The molecular weight excluding hydrogens is 535 g/mol. The molecule has 42 heavy (non-hydrogen) atoms. The van der Waals surface area contributed by atoms with Crippen LogP contribution in [0.2, 0.25) is 0 Å². The van der Waals surface area contributed by atoms with E-state index in [0.717, 1.165) is 33.8 Å². The van der Waals surface area contributed by atoms with Gasteiger partial charge in [-0.15, -0.1) is 0 Å². The van der Waals surface area contributed by atoms with E-state index in [0.29, 0.717) is 17.1 Å². The molecule has 9 heteroatoms. The summed E-state index contributed by atoms with van der Waals surface area (Å²) in [5.74, 6) is 1.39. The second kappa shape index (κ2) is 12.6. The van der Waals surface area contributed by atoms with Gasteiger partial charge in [0.05, 0.1) is 49.7 Å². The summed E-state index contributed by atoms with van der Waals surface area (Å²) in [4.78, 5) is 18.1. The summed E-state index contributed by atoms with van der Waals surface area (Å²) in [5, 5.41) is 4.41. The van der Waals surface area contributed by atoms with E-state index >= 15 is 0 Å². The van der Waals surface area contributed by atoms with E-state index in [9.17, 15) is 9.18 Å². The molecule has 5 rings (SSSR count). The van der Waals surface area contributed by atoms with Gasteiger partial charge in [-0.2, -0.15) is 5.10 Å². The van der Waals surface area contributed by atoms with Crippen molar-refractivity contribution in [3.63, 3.8) is 0 Å². The third kappa shape index (κ3) is 6.25. The number of hydrogen-bond donors (Lipinski definition) is 0. The molecule has 1 atom stereocenters. The van der Waals surface area contributed by atoms with Crippen molar-refractivity contribution >= 4 is 12.2 Å². The first-order valence-corrected chi connectivity index (χ1v) is 13.4. The first-order chi connectivity index (χ1) is 20.4. The van der Waals surface area contributed by atoms with Crippen molar-refractivity contribution in [1.82, 2.24) is 19.3 Å². The van der Waals surface area contributed by atoms with Gasteiger partial charge < -0.3 is 18.8 Å². The van der Waals surface area contributed by atoms with Gasteiger partial charge in [0.2, 0.25) is 0 Å². The number of nitrogens with zero attached hydrogens (tertiary/aromatic N) is 4. The summed E-state index contributed by atoms with van der Waals surface area (Å²) in [6.45, 7) is 4.00. The third-order valence-corrected chi connectivity index (χ3v) is 6.91. The molecule has 0 radical (unpaired) electrons. The van der Waals surface area contributed by atoms with Gasteiger partial charge in [-0.05, 0) is 73.0 Å². The van der Waals surface area contributed by atoms with E-state index in [4.69, 9.17) is 14.2 Å². The van der Waals surface area contributed by atoms with Gasteiger partial charge >= 0.3 is 0 Å². The van der Waals surface area contributed by atoms with Gasteiger partial charge in [0.1, 0.15) is 23.9 Å². The molecule has 0 spiro atoms. The summed E-state index contributed by atoms with van der Waals surface area (Å²) >= 11 is 0. The molecule has 0 saturated carbocycles. The van der Waals surface area contributed by atoms with Crippen LogP contribution in [0.15, 0.2) is 90.2 Å². The lowest BCUT2D eigenvalue weighted by Crippen LogP contribution is -2.28. The second-order valence-corrected chi connectivity index (χ2v) is 9.72. The minimum Gasteiger partial charge on any atom is -0.497 e.